The molecule has 1 fully saturated rings. The molecule has 1 saturated heterocycles. The van der Waals surface area contributed by atoms with Crippen LogP contribution < -0.4 is 10.2 Å². The Labute approximate surface area is 120 Å². The van der Waals surface area contributed by atoms with E-state index in [-0.39, 0.29) is 5.97 Å². The first kappa shape index (κ1) is 14.8. The van der Waals surface area contributed by atoms with Crippen LogP contribution in [0.4, 0.5) is 5.82 Å². The molecule has 0 bridgehead atoms. The van der Waals surface area contributed by atoms with Crippen LogP contribution in [0.2, 0.25) is 0 Å². The molecule has 5 nitrogen and oxygen atoms in total. The maximum atomic E-state index is 11.6. The standard InChI is InChI=1S/C15H23N3O2/c1-11(2)18(10-13-5-4-7-16-13)14-9-12(6-8-17-14)15(19)20-3/h6,8-9,11,13,16H,4-5,7,10H2,1-3H3. The van der Waals surface area contributed by atoms with Gasteiger partial charge in [-0.15, -0.1) is 0 Å². The summed E-state index contributed by atoms with van der Waals surface area (Å²) in [6.45, 7) is 6.28. The van der Waals surface area contributed by atoms with Gasteiger partial charge in [0.25, 0.3) is 0 Å². The highest BCUT2D eigenvalue weighted by atomic mass is 16.5. The molecule has 0 amide bonds. The third-order valence-electron chi connectivity index (χ3n) is 3.66. The number of nitrogens with zero attached hydrogens (tertiary/aromatic N) is 2. The number of methoxy groups -OCH3 is 1. The average Bonchev–Trinajstić information content (AvgIpc) is 2.96. The lowest BCUT2D eigenvalue weighted by molar-refractivity contribution is 0.0600. The quantitative estimate of drug-likeness (QED) is 0.832. The molecule has 0 saturated carbocycles. The van der Waals surface area contributed by atoms with E-state index in [9.17, 15) is 4.79 Å². The van der Waals surface area contributed by atoms with Gasteiger partial charge in [0.1, 0.15) is 5.82 Å². The molecule has 1 atom stereocenters. The van der Waals surface area contributed by atoms with Crippen LogP contribution in [0.3, 0.4) is 0 Å². The van der Waals surface area contributed by atoms with Crippen molar-refractivity contribution in [3.63, 3.8) is 0 Å². The summed E-state index contributed by atoms with van der Waals surface area (Å²) in [6, 6.07) is 4.32. The number of aromatic nitrogens is 1. The minimum Gasteiger partial charge on any atom is -0.465 e. The van der Waals surface area contributed by atoms with Gasteiger partial charge < -0.3 is 15.0 Å². The Kier molecular flexibility index (Phi) is 4.95. The van der Waals surface area contributed by atoms with Crippen LogP contribution in [0, 0.1) is 0 Å². The van der Waals surface area contributed by atoms with Crippen LogP contribution in [-0.4, -0.2) is 43.2 Å². The van der Waals surface area contributed by atoms with Crippen molar-refractivity contribution in [2.75, 3.05) is 25.1 Å². The van der Waals surface area contributed by atoms with Gasteiger partial charge in [0.05, 0.1) is 12.7 Å². The molecule has 1 N–H and O–H groups in total. The summed E-state index contributed by atoms with van der Waals surface area (Å²) in [5.74, 6) is 0.507. The SMILES string of the molecule is COC(=O)c1ccnc(N(CC2CCCN2)C(C)C)c1. The van der Waals surface area contributed by atoms with Gasteiger partial charge >= 0.3 is 5.97 Å². The van der Waals surface area contributed by atoms with Crippen molar-refractivity contribution in [1.29, 1.82) is 0 Å². The first-order chi connectivity index (χ1) is 9.61. The third-order valence-corrected chi connectivity index (χ3v) is 3.66. The predicted octanol–water partition coefficient (Wildman–Crippen LogP) is 1.83. The number of carbonyl (C=O) groups excluding carboxylic acids is 1. The molecule has 1 aromatic heterocycles. The highest BCUT2D eigenvalue weighted by molar-refractivity contribution is 5.90. The van der Waals surface area contributed by atoms with Gasteiger partial charge in [0, 0.05) is 24.8 Å². The van der Waals surface area contributed by atoms with Crippen LogP contribution >= 0.6 is 0 Å². The van der Waals surface area contributed by atoms with Crippen molar-refractivity contribution < 1.29 is 9.53 Å². The van der Waals surface area contributed by atoms with Crippen LogP contribution in [0.5, 0.6) is 0 Å². The summed E-state index contributed by atoms with van der Waals surface area (Å²) in [5.41, 5.74) is 0.544. The monoisotopic (exact) mass is 277 g/mol. The molecular formula is C15H23N3O2. The van der Waals surface area contributed by atoms with E-state index in [1.807, 2.05) is 0 Å². The van der Waals surface area contributed by atoms with Gasteiger partial charge in [-0.2, -0.15) is 0 Å². The van der Waals surface area contributed by atoms with Gasteiger partial charge in [-0.05, 0) is 45.4 Å². The van der Waals surface area contributed by atoms with Gasteiger partial charge in [0.2, 0.25) is 0 Å². The van der Waals surface area contributed by atoms with Gasteiger partial charge in [-0.1, -0.05) is 0 Å². The third kappa shape index (κ3) is 3.48. The zero-order valence-corrected chi connectivity index (χ0v) is 12.4. The minimum atomic E-state index is -0.323. The second-order valence-electron chi connectivity index (χ2n) is 5.43. The first-order valence-electron chi connectivity index (χ1n) is 7.16. The Balaban J connectivity index is 2.17. The minimum absolute atomic E-state index is 0.323. The van der Waals surface area contributed by atoms with E-state index in [1.165, 1.54) is 20.0 Å². The molecule has 5 heteroatoms. The van der Waals surface area contributed by atoms with E-state index in [0.29, 0.717) is 17.6 Å². The van der Waals surface area contributed by atoms with E-state index < -0.39 is 0 Å². The number of anilines is 1. The predicted molar refractivity (Wildman–Crippen MR) is 79.1 cm³/mol. The van der Waals surface area contributed by atoms with Crippen LogP contribution in [0.1, 0.15) is 37.0 Å². The lowest BCUT2D eigenvalue weighted by Gasteiger charge is -2.30. The Bertz CT molecular complexity index is 456. The number of hydrogen-bond acceptors (Lipinski definition) is 5. The summed E-state index contributed by atoms with van der Waals surface area (Å²) < 4.78 is 4.77. The van der Waals surface area contributed by atoms with Crippen LogP contribution in [0.15, 0.2) is 18.3 Å². The topological polar surface area (TPSA) is 54.5 Å². The molecule has 0 radical (unpaired) electrons. The number of rotatable bonds is 5. The summed E-state index contributed by atoms with van der Waals surface area (Å²) in [6.07, 6.45) is 4.09. The number of esters is 1. The van der Waals surface area contributed by atoms with Crippen molar-refractivity contribution >= 4 is 11.8 Å². The van der Waals surface area contributed by atoms with Gasteiger partial charge in [0.15, 0.2) is 0 Å². The Morgan fingerprint density at radius 3 is 3.00 bits per heavy atom. The molecule has 2 rings (SSSR count). The maximum Gasteiger partial charge on any atom is 0.338 e. The lowest BCUT2D eigenvalue weighted by atomic mass is 10.1. The van der Waals surface area contributed by atoms with Gasteiger partial charge in [-0.3, -0.25) is 0 Å². The van der Waals surface area contributed by atoms with Crippen molar-refractivity contribution in [1.82, 2.24) is 10.3 Å². The summed E-state index contributed by atoms with van der Waals surface area (Å²) >= 11 is 0. The summed E-state index contributed by atoms with van der Waals surface area (Å²) in [4.78, 5) is 18.3. The van der Waals surface area contributed by atoms with Crippen LogP contribution in [0.25, 0.3) is 0 Å². The Morgan fingerprint density at radius 2 is 2.40 bits per heavy atom. The zero-order chi connectivity index (χ0) is 14.5. The highest BCUT2D eigenvalue weighted by Crippen LogP contribution is 2.18. The Hall–Kier alpha value is -1.62. The maximum absolute atomic E-state index is 11.6. The fourth-order valence-corrected chi connectivity index (χ4v) is 2.54. The molecule has 1 unspecified atom stereocenters. The highest BCUT2D eigenvalue weighted by Gasteiger charge is 2.21. The molecule has 1 aliphatic rings. The van der Waals surface area contributed by atoms with Crippen molar-refractivity contribution in [3.8, 4) is 0 Å². The fraction of sp³-hybridized carbons (Fsp3) is 0.600. The van der Waals surface area contributed by atoms with Crippen molar-refractivity contribution in [2.24, 2.45) is 0 Å². The largest absolute Gasteiger partial charge is 0.465 e. The molecule has 0 aliphatic carbocycles. The Morgan fingerprint density at radius 1 is 1.60 bits per heavy atom. The molecule has 20 heavy (non-hydrogen) atoms. The van der Waals surface area contributed by atoms with Crippen molar-refractivity contribution in [3.05, 3.63) is 23.9 Å². The molecule has 0 aromatic carbocycles. The second-order valence-corrected chi connectivity index (χ2v) is 5.43. The molecule has 1 aliphatic heterocycles. The number of pyridine rings is 1. The van der Waals surface area contributed by atoms with E-state index in [4.69, 9.17) is 4.74 Å². The van der Waals surface area contributed by atoms with Crippen molar-refractivity contribution in [2.45, 2.75) is 38.8 Å². The van der Waals surface area contributed by atoms with Crippen LogP contribution in [-0.2, 0) is 4.74 Å². The summed E-state index contributed by atoms with van der Waals surface area (Å²) in [5, 5.41) is 3.50. The second kappa shape index (κ2) is 6.70. The smallest absolute Gasteiger partial charge is 0.338 e. The number of nitrogens with one attached hydrogen (secondary N) is 1. The number of ether oxygens (including phenoxy) is 1. The van der Waals surface area contributed by atoms with Gasteiger partial charge in [-0.25, -0.2) is 9.78 Å². The lowest BCUT2D eigenvalue weighted by Crippen LogP contribution is -2.41. The normalized spacial score (nSPS) is 18.3. The summed E-state index contributed by atoms with van der Waals surface area (Å²) in [7, 11) is 1.39. The molecule has 0 spiro atoms. The fourth-order valence-electron chi connectivity index (χ4n) is 2.54. The van der Waals surface area contributed by atoms with E-state index in [2.05, 4.69) is 29.0 Å². The first-order valence-corrected chi connectivity index (χ1v) is 7.16. The van der Waals surface area contributed by atoms with E-state index in [0.717, 1.165) is 18.9 Å². The zero-order valence-electron chi connectivity index (χ0n) is 12.4. The van der Waals surface area contributed by atoms with E-state index in [1.54, 1.807) is 18.3 Å². The number of carbonyl (C=O) groups is 1. The molecular weight excluding hydrogens is 254 g/mol. The molecule has 1 aromatic rings. The number of hydrogen-bond donors (Lipinski definition) is 1. The molecule has 110 valence electrons. The average molecular weight is 277 g/mol. The van der Waals surface area contributed by atoms with E-state index >= 15 is 0 Å². The molecule has 2 heterocycles.